The van der Waals surface area contributed by atoms with Crippen molar-refractivity contribution in [3.05, 3.63) is 29.8 Å². The van der Waals surface area contributed by atoms with Gasteiger partial charge in [0.25, 0.3) is 0 Å². The number of aryl methyl sites for hydroxylation is 1. The molecule has 0 saturated carbocycles. The van der Waals surface area contributed by atoms with Crippen molar-refractivity contribution in [3.63, 3.8) is 0 Å². The highest BCUT2D eigenvalue weighted by Crippen LogP contribution is 2.14. The summed E-state index contributed by atoms with van der Waals surface area (Å²) >= 11 is 3.42. The molecule has 0 bridgehead atoms. The van der Waals surface area contributed by atoms with Crippen molar-refractivity contribution in [1.29, 1.82) is 0 Å². The summed E-state index contributed by atoms with van der Waals surface area (Å²) in [6.07, 6.45) is 0.680. The average Bonchev–Trinajstić information content (AvgIpc) is 2.29. The lowest BCUT2D eigenvalue weighted by molar-refractivity contribution is 0.199. The van der Waals surface area contributed by atoms with Gasteiger partial charge < -0.3 is 4.74 Å². The second-order valence-electron chi connectivity index (χ2n) is 4.00. The summed E-state index contributed by atoms with van der Waals surface area (Å²) in [5.41, 5.74) is 0.747. The minimum Gasteiger partial charge on any atom is -0.384 e. The lowest BCUT2D eigenvalue weighted by atomic mass is 10.2. The van der Waals surface area contributed by atoms with Crippen LogP contribution in [0.4, 0.5) is 0 Å². The molecule has 1 aromatic rings. The Morgan fingerprint density at radius 2 is 2.06 bits per heavy atom. The van der Waals surface area contributed by atoms with Gasteiger partial charge in [-0.05, 0) is 25.0 Å². The molecule has 1 N–H and O–H groups in total. The lowest BCUT2D eigenvalue weighted by Gasteiger charge is -2.11. The fraction of sp³-hybridized carbons (Fsp3) is 0.500. The number of nitrogens with one attached hydrogen (secondary N) is 1. The number of benzene rings is 1. The minimum absolute atomic E-state index is 0.155. The number of hydrogen-bond acceptors (Lipinski definition) is 3. The molecule has 0 spiro atoms. The van der Waals surface area contributed by atoms with Crippen molar-refractivity contribution in [2.75, 3.05) is 20.3 Å². The van der Waals surface area contributed by atoms with Crippen molar-refractivity contribution < 1.29 is 13.2 Å². The monoisotopic (exact) mass is 335 g/mol. The van der Waals surface area contributed by atoms with E-state index >= 15 is 0 Å². The van der Waals surface area contributed by atoms with Crippen LogP contribution in [0.25, 0.3) is 0 Å². The first-order valence-corrected chi connectivity index (χ1v) is 8.05. The summed E-state index contributed by atoms with van der Waals surface area (Å²) in [6, 6.07) is 6.94. The average molecular weight is 336 g/mol. The second-order valence-corrected chi connectivity index (χ2v) is 7.03. The van der Waals surface area contributed by atoms with Crippen LogP contribution < -0.4 is 4.72 Å². The van der Waals surface area contributed by atoms with E-state index in [-0.39, 0.29) is 4.83 Å². The largest absolute Gasteiger partial charge is 0.384 e. The summed E-state index contributed by atoms with van der Waals surface area (Å²) in [7, 11) is -1.80. The zero-order valence-corrected chi connectivity index (χ0v) is 12.9. The normalized spacial score (nSPS) is 13.5. The smallest absolute Gasteiger partial charge is 0.240 e. The Bertz CT molecular complexity index is 476. The van der Waals surface area contributed by atoms with Gasteiger partial charge in [0.2, 0.25) is 10.0 Å². The van der Waals surface area contributed by atoms with Gasteiger partial charge in [-0.25, -0.2) is 13.1 Å². The topological polar surface area (TPSA) is 55.4 Å². The Labute approximate surface area is 117 Å². The van der Waals surface area contributed by atoms with E-state index in [1.807, 2.05) is 6.07 Å². The molecule has 1 unspecified atom stereocenters. The van der Waals surface area contributed by atoms with E-state index in [9.17, 15) is 8.42 Å². The number of rotatable bonds is 7. The van der Waals surface area contributed by atoms with Crippen LogP contribution in [0.2, 0.25) is 0 Å². The minimum atomic E-state index is -3.41. The van der Waals surface area contributed by atoms with Gasteiger partial charge in [0.15, 0.2) is 0 Å². The van der Waals surface area contributed by atoms with Crippen LogP contribution in [0, 0.1) is 6.92 Å². The SMILES string of the molecule is COCC(Br)CCNS(=O)(=O)c1ccccc1C. The van der Waals surface area contributed by atoms with E-state index in [1.54, 1.807) is 32.2 Å². The zero-order valence-electron chi connectivity index (χ0n) is 10.5. The molecule has 0 saturated heterocycles. The van der Waals surface area contributed by atoms with E-state index in [0.717, 1.165) is 5.56 Å². The van der Waals surface area contributed by atoms with Gasteiger partial charge in [-0.2, -0.15) is 0 Å². The third-order valence-electron chi connectivity index (χ3n) is 2.48. The molecule has 1 atom stereocenters. The first-order valence-electron chi connectivity index (χ1n) is 5.65. The molecule has 0 aliphatic carbocycles. The van der Waals surface area contributed by atoms with Crippen LogP contribution in [0.5, 0.6) is 0 Å². The number of sulfonamides is 1. The Morgan fingerprint density at radius 3 is 2.67 bits per heavy atom. The number of alkyl halides is 1. The standard InChI is InChI=1S/C12H18BrNO3S/c1-10-5-3-4-6-12(10)18(15,16)14-8-7-11(13)9-17-2/h3-6,11,14H,7-9H2,1-2H3. The summed E-state index contributed by atoms with van der Waals surface area (Å²) in [5, 5.41) is 0. The van der Waals surface area contributed by atoms with Crippen molar-refractivity contribution in [2.45, 2.75) is 23.1 Å². The fourth-order valence-corrected chi connectivity index (χ4v) is 3.33. The molecule has 0 aliphatic rings. The maximum atomic E-state index is 12.0. The molecule has 0 heterocycles. The van der Waals surface area contributed by atoms with Gasteiger partial charge in [-0.15, -0.1) is 0 Å². The Balaban J connectivity index is 2.59. The van der Waals surface area contributed by atoms with E-state index < -0.39 is 10.0 Å². The second kappa shape index (κ2) is 7.23. The summed E-state index contributed by atoms with van der Waals surface area (Å²) in [6.45, 7) is 2.73. The van der Waals surface area contributed by atoms with Crippen LogP contribution in [0.15, 0.2) is 29.2 Å². The van der Waals surface area contributed by atoms with E-state index in [2.05, 4.69) is 20.7 Å². The maximum Gasteiger partial charge on any atom is 0.240 e. The van der Waals surface area contributed by atoms with Gasteiger partial charge in [0, 0.05) is 18.5 Å². The third-order valence-corrected chi connectivity index (χ3v) is 4.82. The highest BCUT2D eigenvalue weighted by atomic mass is 79.9. The van der Waals surface area contributed by atoms with Crippen LogP contribution in [0.1, 0.15) is 12.0 Å². The fourth-order valence-electron chi connectivity index (χ4n) is 1.55. The Morgan fingerprint density at radius 1 is 1.39 bits per heavy atom. The Kier molecular flexibility index (Phi) is 6.28. The van der Waals surface area contributed by atoms with E-state index in [4.69, 9.17) is 4.74 Å². The number of halogens is 1. The van der Waals surface area contributed by atoms with Crippen molar-refractivity contribution in [1.82, 2.24) is 4.72 Å². The number of ether oxygens (including phenoxy) is 1. The maximum absolute atomic E-state index is 12.0. The summed E-state index contributed by atoms with van der Waals surface area (Å²) in [5.74, 6) is 0. The van der Waals surface area contributed by atoms with Crippen LogP contribution in [-0.2, 0) is 14.8 Å². The first kappa shape index (κ1) is 15.6. The molecule has 1 aromatic carbocycles. The number of methoxy groups -OCH3 is 1. The highest BCUT2D eigenvalue weighted by Gasteiger charge is 2.16. The summed E-state index contributed by atoms with van der Waals surface area (Å²) < 4.78 is 31.6. The van der Waals surface area contributed by atoms with Crippen LogP contribution >= 0.6 is 15.9 Å². The lowest BCUT2D eigenvalue weighted by Crippen LogP contribution is -2.27. The van der Waals surface area contributed by atoms with Crippen LogP contribution in [-0.4, -0.2) is 33.5 Å². The molecule has 0 aliphatic heterocycles. The highest BCUT2D eigenvalue weighted by molar-refractivity contribution is 9.09. The van der Waals surface area contributed by atoms with Crippen molar-refractivity contribution in [3.8, 4) is 0 Å². The van der Waals surface area contributed by atoms with Crippen LogP contribution in [0.3, 0.4) is 0 Å². The van der Waals surface area contributed by atoms with Crippen molar-refractivity contribution in [2.24, 2.45) is 0 Å². The molecule has 0 radical (unpaired) electrons. The molecule has 102 valence electrons. The van der Waals surface area contributed by atoms with Gasteiger partial charge in [0.05, 0.1) is 11.5 Å². The predicted molar refractivity (Wildman–Crippen MR) is 75.6 cm³/mol. The molecular weight excluding hydrogens is 318 g/mol. The van der Waals surface area contributed by atoms with E-state index in [0.29, 0.717) is 24.5 Å². The van der Waals surface area contributed by atoms with Crippen molar-refractivity contribution >= 4 is 26.0 Å². The predicted octanol–water partition coefficient (Wildman–Crippen LogP) is 2.07. The number of hydrogen-bond donors (Lipinski definition) is 1. The molecule has 6 heteroatoms. The zero-order chi connectivity index (χ0) is 13.6. The first-order chi connectivity index (χ1) is 8.47. The molecule has 4 nitrogen and oxygen atoms in total. The van der Waals surface area contributed by atoms with Gasteiger partial charge in [0.1, 0.15) is 0 Å². The quantitative estimate of drug-likeness (QED) is 0.776. The van der Waals surface area contributed by atoms with Gasteiger partial charge in [-0.3, -0.25) is 0 Å². The van der Waals surface area contributed by atoms with E-state index in [1.165, 1.54) is 0 Å². The summed E-state index contributed by atoms with van der Waals surface area (Å²) in [4.78, 5) is 0.491. The molecular formula is C12H18BrNO3S. The third kappa shape index (κ3) is 4.68. The molecule has 0 amide bonds. The Hall–Kier alpha value is -0.430. The molecule has 0 aromatic heterocycles. The molecule has 18 heavy (non-hydrogen) atoms. The van der Waals surface area contributed by atoms with Gasteiger partial charge >= 0.3 is 0 Å². The van der Waals surface area contributed by atoms with Gasteiger partial charge in [-0.1, -0.05) is 34.1 Å². The molecule has 1 rings (SSSR count). The molecule has 0 fully saturated rings.